The van der Waals surface area contributed by atoms with Crippen molar-refractivity contribution in [1.29, 1.82) is 0 Å². The van der Waals surface area contributed by atoms with Crippen LogP contribution >= 0.6 is 0 Å². The predicted molar refractivity (Wildman–Crippen MR) is 70.5 cm³/mol. The van der Waals surface area contributed by atoms with Crippen LogP contribution in [-0.2, 0) is 14.3 Å². The van der Waals surface area contributed by atoms with Gasteiger partial charge in [0.2, 0.25) is 0 Å². The third-order valence-electron chi connectivity index (χ3n) is 3.56. The summed E-state index contributed by atoms with van der Waals surface area (Å²) in [5.74, 6) is -0.994. The summed E-state index contributed by atoms with van der Waals surface area (Å²) in [6.45, 7) is 7.43. The van der Waals surface area contributed by atoms with Crippen molar-refractivity contribution in [3.8, 4) is 0 Å². The molecule has 0 radical (unpaired) electrons. The lowest BCUT2D eigenvalue weighted by Crippen LogP contribution is -2.67. The van der Waals surface area contributed by atoms with Gasteiger partial charge >= 0.3 is 12.0 Å². The van der Waals surface area contributed by atoms with E-state index < -0.39 is 11.6 Å². The molecule has 2 amide bonds. The zero-order valence-corrected chi connectivity index (χ0v) is 12.2. The van der Waals surface area contributed by atoms with E-state index in [4.69, 9.17) is 14.6 Å². The molecule has 2 saturated heterocycles. The number of carbonyl (C=O) groups is 2. The molecule has 0 aromatic heterocycles. The zero-order chi connectivity index (χ0) is 14.9. The molecule has 2 heterocycles. The van der Waals surface area contributed by atoms with Crippen molar-refractivity contribution in [3.05, 3.63) is 0 Å². The molecule has 7 heteroatoms. The number of hydrogen-bond donors (Lipinski definition) is 1. The number of nitrogens with zero attached hydrogens (tertiary/aromatic N) is 2. The van der Waals surface area contributed by atoms with Gasteiger partial charge in [0, 0.05) is 13.1 Å². The zero-order valence-electron chi connectivity index (χ0n) is 12.2. The van der Waals surface area contributed by atoms with Gasteiger partial charge in [-0.2, -0.15) is 0 Å². The molecule has 2 fully saturated rings. The predicted octanol–water partition coefficient (Wildman–Crippen LogP) is 0.391. The van der Waals surface area contributed by atoms with Crippen LogP contribution in [0.4, 0.5) is 4.79 Å². The number of aliphatic carboxylic acids is 1. The van der Waals surface area contributed by atoms with Crippen molar-refractivity contribution >= 4 is 12.0 Å². The molecule has 2 unspecified atom stereocenters. The summed E-state index contributed by atoms with van der Waals surface area (Å²) in [7, 11) is 0. The van der Waals surface area contributed by atoms with Gasteiger partial charge in [-0.05, 0) is 20.8 Å². The molecular formula is C13H22N2O5. The molecule has 114 valence electrons. The van der Waals surface area contributed by atoms with Gasteiger partial charge in [-0.3, -0.25) is 0 Å². The number of carbonyl (C=O) groups excluding carboxylic acids is 1. The Morgan fingerprint density at radius 2 is 1.80 bits per heavy atom. The second kappa shape index (κ2) is 5.57. The number of hydrogen-bond acceptors (Lipinski definition) is 4. The Hall–Kier alpha value is -1.34. The van der Waals surface area contributed by atoms with E-state index in [1.54, 1.807) is 9.80 Å². The van der Waals surface area contributed by atoms with E-state index in [1.807, 2.05) is 20.8 Å². The van der Waals surface area contributed by atoms with Crippen LogP contribution in [0.2, 0.25) is 0 Å². The largest absolute Gasteiger partial charge is 0.480 e. The fourth-order valence-corrected chi connectivity index (χ4v) is 2.76. The maximum absolute atomic E-state index is 12.3. The van der Waals surface area contributed by atoms with E-state index in [-0.39, 0.29) is 24.8 Å². The molecule has 1 N–H and O–H groups in total. The van der Waals surface area contributed by atoms with Crippen LogP contribution in [0.5, 0.6) is 0 Å². The number of likely N-dealkylation sites (tertiary alicyclic amines) is 1. The van der Waals surface area contributed by atoms with Crippen LogP contribution in [0.1, 0.15) is 20.8 Å². The summed E-state index contributed by atoms with van der Waals surface area (Å²) in [6, 6.07) is -0.0246. The van der Waals surface area contributed by atoms with E-state index in [0.717, 1.165) is 0 Å². The molecule has 0 aromatic rings. The van der Waals surface area contributed by atoms with Crippen molar-refractivity contribution in [2.45, 2.75) is 38.6 Å². The standard InChI is InChI=1S/C13H22N2O5/c1-9-4-14(5-10(2)20-9)12(18)15-7-13(3,8-15)19-6-11(16)17/h9-10H,4-8H2,1-3H3,(H,16,17). The SMILES string of the molecule is CC1CN(C(=O)N2CC(C)(OCC(=O)O)C2)CC(C)O1. The van der Waals surface area contributed by atoms with Crippen LogP contribution in [0.15, 0.2) is 0 Å². The maximum atomic E-state index is 12.3. The summed E-state index contributed by atoms with van der Waals surface area (Å²) in [5.41, 5.74) is -0.544. The quantitative estimate of drug-likeness (QED) is 0.812. The van der Waals surface area contributed by atoms with Gasteiger partial charge in [-0.15, -0.1) is 0 Å². The van der Waals surface area contributed by atoms with Gasteiger partial charge in [0.15, 0.2) is 0 Å². The second-order valence-electron chi connectivity index (χ2n) is 5.93. The molecule has 20 heavy (non-hydrogen) atoms. The first-order valence-electron chi connectivity index (χ1n) is 6.84. The van der Waals surface area contributed by atoms with Gasteiger partial charge in [-0.1, -0.05) is 0 Å². The van der Waals surface area contributed by atoms with Gasteiger partial charge in [0.05, 0.1) is 25.3 Å². The molecule has 2 aliphatic rings. The lowest BCUT2D eigenvalue weighted by molar-refractivity contribution is -0.161. The average molecular weight is 286 g/mol. The lowest BCUT2D eigenvalue weighted by Gasteiger charge is -2.49. The first kappa shape index (κ1) is 15.1. The minimum Gasteiger partial charge on any atom is -0.480 e. The smallest absolute Gasteiger partial charge is 0.329 e. The van der Waals surface area contributed by atoms with Crippen molar-refractivity contribution in [2.75, 3.05) is 32.8 Å². The number of urea groups is 1. The third kappa shape index (κ3) is 3.40. The molecule has 0 saturated carbocycles. The minimum absolute atomic E-state index is 0.0246. The number of amides is 2. The number of morpholine rings is 1. The molecule has 0 bridgehead atoms. The Morgan fingerprint density at radius 3 is 2.30 bits per heavy atom. The number of ether oxygens (including phenoxy) is 2. The fraction of sp³-hybridized carbons (Fsp3) is 0.846. The molecular weight excluding hydrogens is 264 g/mol. The summed E-state index contributed by atoms with van der Waals surface area (Å²) in [5, 5.41) is 8.61. The van der Waals surface area contributed by atoms with E-state index in [9.17, 15) is 9.59 Å². The Labute approximate surface area is 118 Å². The van der Waals surface area contributed by atoms with Crippen LogP contribution in [0.25, 0.3) is 0 Å². The highest BCUT2D eigenvalue weighted by Gasteiger charge is 2.44. The van der Waals surface area contributed by atoms with Crippen molar-refractivity contribution in [2.24, 2.45) is 0 Å². The van der Waals surface area contributed by atoms with Crippen LogP contribution in [0, 0.1) is 0 Å². The highest BCUT2D eigenvalue weighted by molar-refractivity contribution is 5.76. The fourth-order valence-electron chi connectivity index (χ4n) is 2.76. The van der Waals surface area contributed by atoms with Crippen LogP contribution < -0.4 is 0 Å². The van der Waals surface area contributed by atoms with Crippen LogP contribution in [0.3, 0.4) is 0 Å². The molecule has 0 aliphatic carbocycles. The average Bonchev–Trinajstić information content (AvgIpc) is 2.31. The maximum Gasteiger partial charge on any atom is 0.329 e. The van der Waals surface area contributed by atoms with Gasteiger partial charge < -0.3 is 24.4 Å². The summed E-state index contributed by atoms with van der Waals surface area (Å²) >= 11 is 0. The van der Waals surface area contributed by atoms with Gasteiger partial charge in [-0.25, -0.2) is 9.59 Å². The molecule has 2 atom stereocenters. The molecule has 2 rings (SSSR count). The van der Waals surface area contributed by atoms with Gasteiger partial charge in [0.1, 0.15) is 12.2 Å². The van der Waals surface area contributed by atoms with Gasteiger partial charge in [0.25, 0.3) is 0 Å². The lowest BCUT2D eigenvalue weighted by atomic mass is 9.97. The molecule has 0 aromatic carbocycles. The van der Waals surface area contributed by atoms with E-state index >= 15 is 0 Å². The normalized spacial score (nSPS) is 28.9. The third-order valence-corrected chi connectivity index (χ3v) is 3.56. The summed E-state index contributed by atoms with van der Waals surface area (Å²) < 4.78 is 10.9. The summed E-state index contributed by atoms with van der Waals surface area (Å²) in [4.78, 5) is 26.3. The minimum atomic E-state index is -0.994. The number of rotatable bonds is 3. The Bertz CT molecular complexity index is 384. The van der Waals surface area contributed by atoms with E-state index in [2.05, 4.69) is 0 Å². The van der Waals surface area contributed by atoms with E-state index in [0.29, 0.717) is 26.2 Å². The first-order valence-corrected chi connectivity index (χ1v) is 6.84. The number of carboxylic acid groups (broad SMARTS) is 1. The molecule has 7 nitrogen and oxygen atoms in total. The highest BCUT2D eigenvalue weighted by atomic mass is 16.5. The first-order chi connectivity index (χ1) is 9.29. The second-order valence-corrected chi connectivity index (χ2v) is 5.93. The highest BCUT2D eigenvalue weighted by Crippen LogP contribution is 2.26. The topological polar surface area (TPSA) is 79.3 Å². The van der Waals surface area contributed by atoms with E-state index in [1.165, 1.54) is 0 Å². The van der Waals surface area contributed by atoms with Crippen LogP contribution in [-0.4, -0.2) is 77.5 Å². The number of carboxylic acids is 1. The Morgan fingerprint density at radius 1 is 1.25 bits per heavy atom. The molecule has 2 aliphatic heterocycles. The Balaban J connectivity index is 1.82. The molecule has 0 spiro atoms. The monoisotopic (exact) mass is 286 g/mol. The van der Waals surface area contributed by atoms with Crippen molar-refractivity contribution in [1.82, 2.24) is 9.80 Å². The summed E-state index contributed by atoms with van der Waals surface area (Å²) in [6.07, 6.45) is 0.0808. The van der Waals surface area contributed by atoms with Crippen molar-refractivity contribution < 1.29 is 24.2 Å². The Kier molecular flexibility index (Phi) is 4.19. The van der Waals surface area contributed by atoms with Crippen molar-refractivity contribution in [3.63, 3.8) is 0 Å².